The number of carboxylic acid groups (broad SMARTS) is 4. The van der Waals surface area contributed by atoms with Gasteiger partial charge in [-0.25, -0.2) is 0 Å². The quantitative estimate of drug-likeness (QED) is 0.0251. The second-order valence-corrected chi connectivity index (χ2v) is 33.5. The maximum atomic E-state index is 13.2. The van der Waals surface area contributed by atoms with E-state index >= 15 is 0 Å². The summed E-state index contributed by atoms with van der Waals surface area (Å²) in [6.07, 6.45) is 61.5. The lowest BCUT2D eigenvalue weighted by molar-refractivity contribution is -0.242. The minimum Gasteiger partial charge on any atom is -0.481 e. The summed E-state index contributed by atoms with van der Waals surface area (Å²) in [6.45, 7) is -4.12. The maximum absolute atomic E-state index is 13.2. The van der Waals surface area contributed by atoms with Crippen LogP contribution in [0.4, 0.5) is 0 Å². The Labute approximate surface area is 724 Å². The summed E-state index contributed by atoms with van der Waals surface area (Å²) in [5.74, 6) is -2.75. The Hall–Kier alpha value is -2.92. The van der Waals surface area contributed by atoms with Gasteiger partial charge in [0, 0.05) is 32.3 Å². The fourth-order valence-corrected chi connectivity index (χ4v) is 14.5. The van der Waals surface area contributed by atoms with Crippen molar-refractivity contribution in [3.8, 4) is 0 Å². The smallest absolute Gasteiger partial charge is 0.303 e. The first-order chi connectivity index (χ1) is 57.8. The van der Waals surface area contributed by atoms with Crippen molar-refractivity contribution >= 4 is 23.9 Å². The molecule has 0 aliphatic heterocycles. The minimum absolute atomic E-state index is 0.289. The van der Waals surface area contributed by atoms with E-state index in [1.54, 1.807) is 0 Å². The highest BCUT2D eigenvalue weighted by Gasteiger charge is 2.54. The molecule has 0 spiro atoms. The number of rotatable bonds is 88. The Bertz CT molecular complexity index is 1950. The third-order valence-corrected chi connectivity index (χ3v) is 22.6. The molecule has 722 valence electrons. The standard InChI is InChI=1S/C76H146O12.4C4H10O4/c77-69-70(78)76(87,67-59-51-43-35-27-19-11-3-7-15-23-31-39-47-55-63-73(83)84)75(65-57-49-41-33-25-17-9-1-5-13-21-29-37-45-53-61-71(79)80,66-58-50-42-34-26-18-10-2-6-14-22-30-38-46-54-62-72(81)82)88-68-60-52-44-36-28-20-12-4-8-16-24-32-40-48-56-64-74(85)86;4*5-1-3(7)4(8)2-6/h70,77-78,87H,1-69H2,(H,79,80)(H,81,82)(H,83,84)(H,85,86);4*3-8H,1-2H2/t70-,76-;4*3-,4+/m1..../s1. The van der Waals surface area contributed by atoms with Crippen LogP contribution in [0.1, 0.15) is 430 Å². The molecule has 0 aromatic rings. The van der Waals surface area contributed by atoms with Gasteiger partial charge < -0.3 is 122 Å². The van der Waals surface area contributed by atoms with Crippen LogP contribution in [0.25, 0.3) is 0 Å². The normalized spacial score (nSPS) is 14.3. The summed E-state index contributed by atoms with van der Waals surface area (Å²) in [7, 11) is 0. The van der Waals surface area contributed by atoms with Crippen LogP contribution in [0.3, 0.4) is 0 Å². The first kappa shape index (κ1) is 126. The topological polar surface area (TPSA) is 543 Å². The van der Waals surface area contributed by atoms with Gasteiger partial charge in [0.2, 0.25) is 0 Å². The second-order valence-electron chi connectivity index (χ2n) is 33.5. The van der Waals surface area contributed by atoms with Crippen molar-refractivity contribution in [2.75, 3.05) is 66.1 Å². The summed E-state index contributed by atoms with van der Waals surface area (Å²) in [4.78, 5) is 43.0. The van der Waals surface area contributed by atoms with Crippen LogP contribution < -0.4 is 0 Å². The Morgan fingerprint density at radius 1 is 0.192 bits per heavy atom. The van der Waals surface area contributed by atoms with E-state index in [1.807, 2.05) is 0 Å². The molecule has 0 bridgehead atoms. The SMILES string of the molecule is O=C(O)CCCCCCCCCCCCCCCCCOC(CCCCCCCCCCCCCCCCCC(=O)O)(CCCCCCCCCCCCCCCCCC(=O)O)[C@@](O)(CCCCCCCCCCCCCCCCCC(=O)O)[C@H](O)CO.OC[C@@H](O)[C@@H](O)CO.OC[C@@H](O)[C@@H](O)CO.OC[C@@H](O)[C@@H](O)CO.OC[C@@H](O)[C@@H](O)CO. The highest BCUT2D eigenvalue weighted by atomic mass is 16.5. The first-order valence-corrected chi connectivity index (χ1v) is 47.6. The molecule has 0 aromatic carbocycles. The van der Waals surface area contributed by atoms with E-state index in [2.05, 4.69) is 0 Å². The van der Waals surface area contributed by atoms with E-state index in [1.165, 1.54) is 238 Å². The van der Waals surface area contributed by atoms with Gasteiger partial charge in [-0.05, 0) is 51.4 Å². The zero-order chi connectivity index (χ0) is 90.7. The molecule has 0 radical (unpaired) electrons. The van der Waals surface area contributed by atoms with E-state index < -0.39 is 149 Å². The zero-order valence-corrected chi connectivity index (χ0v) is 75.0. The number of hydrogen-bond acceptors (Lipinski definition) is 24. The van der Waals surface area contributed by atoms with Crippen LogP contribution in [0.5, 0.6) is 0 Å². The van der Waals surface area contributed by atoms with Gasteiger partial charge in [-0.15, -0.1) is 0 Å². The van der Waals surface area contributed by atoms with E-state index in [0.717, 1.165) is 148 Å². The average molecular weight is 1740 g/mol. The number of hydrogen-bond donors (Lipinski definition) is 23. The lowest BCUT2D eigenvalue weighted by Crippen LogP contribution is -2.63. The number of ether oxygens (including phenoxy) is 1. The molecule has 0 fully saturated rings. The van der Waals surface area contributed by atoms with E-state index in [0.29, 0.717) is 45.1 Å². The summed E-state index contributed by atoms with van der Waals surface area (Å²) in [5.41, 5.74) is -2.46. The molecule has 0 aromatic heterocycles. The van der Waals surface area contributed by atoms with Crippen molar-refractivity contribution in [3.05, 3.63) is 0 Å². The average Bonchev–Trinajstić information content (AvgIpc) is 0.765. The predicted octanol–water partition coefficient (Wildman–Crippen LogP) is 13.1. The minimum atomic E-state index is -1.54. The molecule has 0 amide bonds. The highest BCUT2D eigenvalue weighted by molar-refractivity contribution is 5.67. The number of aliphatic carboxylic acids is 4. The van der Waals surface area contributed by atoms with Crippen molar-refractivity contribution in [3.63, 3.8) is 0 Å². The molecule has 10 atom stereocenters. The molecular weight excluding hydrogens is 1550 g/mol. The van der Waals surface area contributed by atoms with E-state index in [9.17, 15) is 34.5 Å². The molecule has 0 heterocycles. The molecular formula is C92H186O28. The van der Waals surface area contributed by atoms with Gasteiger partial charge >= 0.3 is 23.9 Å². The van der Waals surface area contributed by atoms with Crippen LogP contribution in [-0.4, -0.2) is 274 Å². The van der Waals surface area contributed by atoms with E-state index in [-0.39, 0.29) is 6.42 Å². The molecule has 0 saturated heterocycles. The lowest BCUT2D eigenvalue weighted by atomic mass is 9.69. The Morgan fingerprint density at radius 3 is 0.467 bits per heavy atom. The van der Waals surface area contributed by atoms with Crippen molar-refractivity contribution in [2.24, 2.45) is 0 Å². The third kappa shape index (κ3) is 87.2. The number of unbranched alkanes of at least 4 members (excludes halogenated alkanes) is 56. The fraction of sp³-hybridized carbons (Fsp3) is 0.957. The molecule has 120 heavy (non-hydrogen) atoms. The fourth-order valence-electron chi connectivity index (χ4n) is 14.5. The van der Waals surface area contributed by atoms with Gasteiger partial charge in [-0.2, -0.15) is 0 Å². The molecule has 0 aliphatic rings. The van der Waals surface area contributed by atoms with Gasteiger partial charge in [-0.1, -0.05) is 353 Å². The Balaban J connectivity index is -0.00000114. The largest absolute Gasteiger partial charge is 0.481 e. The Kier molecular flexibility index (Phi) is 101. The molecule has 23 N–H and O–H groups in total. The molecule has 28 nitrogen and oxygen atoms in total. The maximum Gasteiger partial charge on any atom is 0.303 e. The van der Waals surface area contributed by atoms with Gasteiger partial charge in [0.25, 0.3) is 0 Å². The Morgan fingerprint density at radius 2 is 0.325 bits per heavy atom. The van der Waals surface area contributed by atoms with Crippen LogP contribution in [0.15, 0.2) is 0 Å². The molecule has 0 rings (SSSR count). The van der Waals surface area contributed by atoms with Gasteiger partial charge in [0.1, 0.15) is 60.5 Å². The lowest BCUT2D eigenvalue weighted by Gasteiger charge is -2.50. The zero-order valence-electron chi connectivity index (χ0n) is 75.0. The molecule has 0 saturated carbocycles. The van der Waals surface area contributed by atoms with Gasteiger partial charge in [-0.3, -0.25) is 19.2 Å². The highest BCUT2D eigenvalue weighted by Crippen LogP contribution is 2.43. The second kappa shape index (κ2) is 96.7. The number of aliphatic hydroxyl groups is 19. The van der Waals surface area contributed by atoms with Crippen molar-refractivity contribution in [1.82, 2.24) is 0 Å². The van der Waals surface area contributed by atoms with Crippen LogP contribution in [-0.2, 0) is 23.9 Å². The summed E-state index contributed by atoms with van der Waals surface area (Å²) in [5, 5.41) is 204. The van der Waals surface area contributed by atoms with Crippen LogP contribution in [0, 0.1) is 0 Å². The summed E-state index contributed by atoms with van der Waals surface area (Å²) >= 11 is 0. The van der Waals surface area contributed by atoms with Crippen molar-refractivity contribution in [2.45, 2.75) is 496 Å². The number of carbonyl (C=O) groups is 4. The molecule has 0 unspecified atom stereocenters. The molecule has 0 aliphatic carbocycles. The predicted molar refractivity (Wildman–Crippen MR) is 471 cm³/mol. The van der Waals surface area contributed by atoms with Crippen LogP contribution in [0.2, 0.25) is 0 Å². The monoisotopic (exact) mass is 1740 g/mol. The van der Waals surface area contributed by atoms with Crippen molar-refractivity contribution < 1.29 is 141 Å². The van der Waals surface area contributed by atoms with Gasteiger partial charge in [0.05, 0.1) is 65.1 Å². The summed E-state index contributed by atoms with van der Waals surface area (Å²) in [6, 6.07) is 0. The van der Waals surface area contributed by atoms with Crippen molar-refractivity contribution in [1.29, 1.82) is 0 Å². The van der Waals surface area contributed by atoms with Gasteiger partial charge in [0.15, 0.2) is 0 Å². The van der Waals surface area contributed by atoms with E-state index in [4.69, 9.17) is 107 Å². The number of carboxylic acids is 4. The van der Waals surface area contributed by atoms with Crippen LogP contribution >= 0.6 is 0 Å². The third-order valence-electron chi connectivity index (χ3n) is 22.6. The molecule has 28 heteroatoms. The number of aliphatic hydroxyl groups excluding tert-OH is 18. The summed E-state index contributed by atoms with van der Waals surface area (Å²) < 4.78 is 7.19. The first-order valence-electron chi connectivity index (χ1n) is 47.6.